The Morgan fingerprint density at radius 3 is 2.40 bits per heavy atom. The number of carboxylic acids is 1. The van der Waals surface area contributed by atoms with Gasteiger partial charge in [-0.1, -0.05) is 37.3 Å². The topological polar surface area (TPSA) is 43.8 Å². The molecule has 1 aromatic rings. The molecule has 20 heavy (non-hydrogen) atoms. The van der Waals surface area contributed by atoms with E-state index in [0.717, 1.165) is 39.1 Å². The van der Waals surface area contributed by atoms with Crippen LogP contribution in [0.25, 0.3) is 0 Å². The van der Waals surface area contributed by atoms with E-state index < -0.39 is 5.97 Å². The predicted molar refractivity (Wildman–Crippen MR) is 79.9 cm³/mol. The molecule has 0 aromatic heterocycles. The second-order valence-corrected chi connectivity index (χ2v) is 5.41. The Bertz CT molecular complexity index is 414. The van der Waals surface area contributed by atoms with Crippen molar-refractivity contribution in [1.29, 1.82) is 0 Å². The number of carbonyl (C=O) groups is 1. The summed E-state index contributed by atoms with van der Waals surface area (Å²) in [6.45, 7) is 7.28. The number of benzene rings is 1. The van der Waals surface area contributed by atoms with Crippen molar-refractivity contribution in [1.82, 2.24) is 9.80 Å². The van der Waals surface area contributed by atoms with Gasteiger partial charge in [0.1, 0.15) is 0 Å². The van der Waals surface area contributed by atoms with Gasteiger partial charge in [0, 0.05) is 32.2 Å². The van der Waals surface area contributed by atoms with Gasteiger partial charge in [0.15, 0.2) is 0 Å². The highest BCUT2D eigenvalue weighted by Gasteiger charge is 2.25. The van der Waals surface area contributed by atoms with Gasteiger partial charge < -0.3 is 10.0 Å². The molecule has 1 heterocycles. The number of carboxylic acid groups (broad SMARTS) is 1. The molecular weight excluding hydrogens is 252 g/mol. The average molecular weight is 276 g/mol. The first kappa shape index (κ1) is 15.0. The second-order valence-electron chi connectivity index (χ2n) is 5.41. The summed E-state index contributed by atoms with van der Waals surface area (Å²) in [7, 11) is 0. The summed E-state index contributed by atoms with van der Waals surface area (Å²) in [6.07, 6.45) is 1.04. The van der Waals surface area contributed by atoms with Crippen LogP contribution < -0.4 is 0 Å². The van der Waals surface area contributed by atoms with Gasteiger partial charge in [-0.25, -0.2) is 0 Å². The lowest BCUT2D eigenvalue weighted by molar-refractivity contribution is -0.138. The lowest BCUT2D eigenvalue weighted by Crippen LogP contribution is -2.51. The zero-order valence-corrected chi connectivity index (χ0v) is 12.2. The van der Waals surface area contributed by atoms with Gasteiger partial charge in [-0.3, -0.25) is 9.69 Å². The van der Waals surface area contributed by atoms with Crippen LogP contribution in [0.3, 0.4) is 0 Å². The Kier molecular flexibility index (Phi) is 5.56. The molecule has 1 N–H and O–H groups in total. The van der Waals surface area contributed by atoms with E-state index in [2.05, 4.69) is 28.9 Å². The second kappa shape index (κ2) is 7.41. The fourth-order valence-electron chi connectivity index (χ4n) is 2.86. The minimum atomic E-state index is -0.705. The van der Waals surface area contributed by atoms with Gasteiger partial charge in [0.05, 0.1) is 6.42 Å². The monoisotopic (exact) mass is 276 g/mol. The zero-order chi connectivity index (χ0) is 14.4. The van der Waals surface area contributed by atoms with Gasteiger partial charge in [0.25, 0.3) is 0 Å². The molecule has 1 fully saturated rings. The molecule has 0 spiro atoms. The van der Waals surface area contributed by atoms with E-state index in [9.17, 15) is 4.79 Å². The number of likely N-dealkylation sites (N-methyl/N-ethyl adjacent to an activating group) is 1. The maximum absolute atomic E-state index is 11.1. The van der Waals surface area contributed by atoms with Crippen LogP contribution in [0.1, 0.15) is 18.9 Å². The quantitative estimate of drug-likeness (QED) is 0.859. The molecular formula is C16H24N2O2. The lowest BCUT2D eigenvalue weighted by atomic mass is 10.0. The van der Waals surface area contributed by atoms with E-state index in [1.54, 1.807) is 0 Å². The van der Waals surface area contributed by atoms with Crippen LogP contribution in [0.15, 0.2) is 30.3 Å². The molecule has 0 aliphatic carbocycles. The molecule has 1 atom stereocenters. The van der Waals surface area contributed by atoms with Crippen molar-refractivity contribution < 1.29 is 9.90 Å². The van der Waals surface area contributed by atoms with Crippen LogP contribution in [0.2, 0.25) is 0 Å². The Morgan fingerprint density at radius 2 is 1.85 bits per heavy atom. The van der Waals surface area contributed by atoms with E-state index in [-0.39, 0.29) is 12.5 Å². The highest BCUT2D eigenvalue weighted by molar-refractivity contribution is 5.67. The fraction of sp³-hybridized carbons (Fsp3) is 0.562. The minimum absolute atomic E-state index is 0.105. The van der Waals surface area contributed by atoms with Crippen molar-refractivity contribution in [3.05, 3.63) is 35.9 Å². The van der Waals surface area contributed by atoms with E-state index in [4.69, 9.17) is 5.11 Å². The molecule has 0 amide bonds. The van der Waals surface area contributed by atoms with E-state index in [1.165, 1.54) is 5.56 Å². The molecule has 0 saturated carbocycles. The zero-order valence-electron chi connectivity index (χ0n) is 12.2. The maximum atomic E-state index is 11.1. The predicted octanol–water partition coefficient (Wildman–Crippen LogP) is 1.71. The number of nitrogens with zero attached hydrogens (tertiary/aromatic N) is 2. The Balaban J connectivity index is 1.98. The summed E-state index contributed by atoms with van der Waals surface area (Å²) in [5.74, 6) is -0.705. The molecule has 1 aliphatic heterocycles. The molecule has 4 heteroatoms. The Hall–Kier alpha value is -1.39. The van der Waals surface area contributed by atoms with Crippen LogP contribution in [0.5, 0.6) is 0 Å². The van der Waals surface area contributed by atoms with Crippen molar-refractivity contribution in [2.45, 2.75) is 25.8 Å². The van der Waals surface area contributed by atoms with Crippen molar-refractivity contribution >= 4 is 5.97 Å². The Labute approximate surface area is 121 Å². The van der Waals surface area contributed by atoms with Gasteiger partial charge in [-0.2, -0.15) is 0 Å². The molecule has 1 aliphatic rings. The molecule has 0 bridgehead atoms. The molecule has 110 valence electrons. The third-order valence-corrected chi connectivity index (χ3v) is 4.09. The number of aliphatic carboxylic acids is 1. The van der Waals surface area contributed by atoms with Crippen molar-refractivity contribution in [2.75, 3.05) is 32.7 Å². The average Bonchev–Trinajstić information content (AvgIpc) is 2.47. The van der Waals surface area contributed by atoms with Crippen molar-refractivity contribution in [2.24, 2.45) is 0 Å². The fourth-order valence-corrected chi connectivity index (χ4v) is 2.86. The summed E-state index contributed by atoms with van der Waals surface area (Å²) in [6, 6.07) is 10.3. The Morgan fingerprint density at radius 1 is 1.20 bits per heavy atom. The highest BCUT2D eigenvalue weighted by atomic mass is 16.4. The third-order valence-electron chi connectivity index (χ3n) is 4.09. The molecule has 1 saturated heterocycles. The van der Waals surface area contributed by atoms with Gasteiger partial charge in [-0.15, -0.1) is 0 Å². The normalized spacial score (nSPS) is 18.9. The van der Waals surface area contributed by atoms with Gasteiger partial charge in [-0.05, 0) is 18.5 Å². The molecule has 1 unspecified atom stereocenters. The SMILES string of the molecule is CCN1CCN(C(CC(=O)O)Cc2ccccc2)CC1. The van der Waals surface area contributed by atoms with Crippen LogP contribution in [0, 0.1) is 0 Å². The highest BCUT2D eigenvalue weighted by Crippen LogP contribution is 2.15. The summed E-state index contributed by atoms with van der Waals surface area (Å²) in [5, 5.41) is 9.15. The molecule has 4 nitrogen and oxygen atoms in total. The summed E-state index contributed by atoms with van der Waals surface area (Å²) >= 11 is 0. The molecule has 0 radical (unpaired) electrons. The summed E-state index contributed by atoms with van der Waals surface area (Å²) in [4.78, 5) is 15.9. The summed E-state index contributed by atoms with van der Waals surface area (Å²) < 4.78 is 0. The van der Waals surface area contributed by atoms with Crippen LogP contribution in [-0.4, -0.2) is 59.6 Å². The first-order valence-electron chi connectivity index (χ1n) is 7.41. The largest absolute Gasteiger partial charge is 0.481 e. The number of hydrogen-bond donors (Lipinski definition) is 1. The summed E-state index contributed by atoms with van der Waals surface area (Å²) in [5.41, 5.74) is 1.22. The van der Waals surface area contributed by atoms with Crippen molar-refractivity contribution in [3.8, 4) is 0 Å². The first-order chi connectivity index (χ1) is 9.69. The van der Waals surface area contributed by atoms with Gasteiger partial charge >= 0.3 is 5.97 Å². The third kappa shape index (κ3) is 4.32. The number of hydrogen-bond acceptors (Lipinski definition) is 3. The minimum Gasteiger partial charge on any atom is -0.481 e. The maximum Gasteiger partial charge on any atom is 0.304 e. The van der Waals surface area contributed by atoms with Crippen molar-refractivity contribution in [3.63, 3.8) is 0 Å². The number of rotatable bonds is 6. The molecule has 1 aromatic carbocycles. The number of piperazine rings is 1. The van der Waals surface area contributed by atoms with Gasteiger partial charge in [0.2, 0.25) is 0 Å². The van der Waals surface area contributed by atoms with Crippen LogP contribution >= 0.6 is 0 Å². The van der Waals surface area contributed by atoms with E-state index in [1.807, 2.05) is 18.2 Å². The standard InChI is InChI=1S/C16H24N2O2/c1-2-17-8-10-18(11-9-17)15(13-16(19)20)12-14-6-4-3-5-7-14/h3-7,15H,2,8-13H2,1H3,(H,19,20). The van der Waals surface area contributed by atoms with Crippen LogP contribution in [-0.2, 0) is 11.2 Å². The lowest BCUT2D eigenvalue weighted by Gasteiger charge is -2.38. The van der Waals surface area contributed by atoms with E-state index in [0.29, 0.717) is 0 Å². The molecule has 2 rings (SSSR count). The van der Waals surface area contributed by atoms with E-state index >= 15 is 0 Å². The smallest absolute Gasteiger partial charge is 0.304 e. The van der Waals surface area contributed by atoms with Crippen LogP contribution in [0.4, 0.5) is 0 Å². The first-order valence-corrected chi connectivity index (χ1v) is 7.41.